The highest BCUT2D eigenvalue weighted by Crippen LogP contribution is 2.11. The number of nitrogens with zero attached hydrogens (tertiary/aromatic N) is 1. The van der Waals surface area contributed by atoms with E-state index in [4.69, 9.17) is 0 Å². The third-order valence-electron chi connectivity index (χ3n) is 2.81. The first-order valence-electron chi connectivity index (χ1n) is 6.11. The highest BCUT2D eigenvalue weighted by atomic mass is 16.1. The Kier molecular flexibility index (Phi) is 3.88. The zero-order valence-corrected chi connectivity index (χ0v) is 10.8. The molecule has 0 aliphatic heterocycles. The standard InChI is InChI=1S/C16H17NO/c1-12-6-13(2)8-15(7-12)10-16(18)9-14-4-3-5-17-11-14/h3-8,11H,9-10H2,1-2H3. The average Bonchev–Trinajstić information content (AvgIpc) is 2.28. The fraction of sp³-hybridized carbons (Fsp3) is 0.250. The monoisotopic (exact) mass is 239 g/mol. The first-order valence-corrected chi connectivity index (χ1v) is 6.11. The highest BCUT2D eigenvalue weighted by Gasteiger charge is 2.06. The summed E-state index contributed by atoms with van der Waals surface area (Å²) in [5, 5.41) is 0. The Morgan fingerprint density at radius 2 is 1.72 bits per heavy atom. The quantitative estimate of drug-likeness (QED) is 0.820. The molecule has 0 spiro atoms. The molecule has 0 saturated carbocycles. The first-order chi connectivity index (χ1) is 8.63. The van der Waals surface area contributed by atoms with E-state index in [-0.39, 0.29) is 5.78 Å². The molecular formula is C16H17NO. The molecule has 0 radical (unpaired) electrons. The van der Waals surface area contributed by atoms with Gasteiger partial charge in [-0.2, -0.15) is 0 Å². The Balaban J connectivity index is 2.03. The number of Topliss-reactive ketones (excluding diaryl/α,β-unsaturated/α-hetero) is 1. The normalized spacial score (nSPS) is 10.3. The van der Waals surface area contributed by atoms with Crippen LogP contribution in [0.5, 0.6) is 0 Å². The van der Waals surface area contributed by atoms with Crippen LogP contribution in [0.15, 0.2) is 42.7 Å². The fourth-order valence-electron chi connectivity index (χ4n) is 2.19. The van der Waals surface area contributed by atoms with Crippen LogP contribution in [0.2, 0.25) is 0 Å². The van der Waals surface area contributed by atoms with Crippen molar-refractivity contribution in [3.8, 4) is 0 Å². The Morgan fingerprint density at radius 1 is 1.06 bits per heavy atom. The maximum atomic E-state index is 12.0. The number of benzene rings is 1. The van der Waals surface area contributed by atoms with E-state index >= 15 is 0 Å². The molecule has 1 aromatic heterocycles. The van der Waals surface area contributed by atoms with Gasteiger partial charge in [0, 0.05) is 25.2 Å². The van der Waals surface area contributed by atoms with Crippen LogP contribution in [-0.2, 0) is 17.6 Å². The summed E-state index contributed by atoms with van der Waals surface area (Å²) < 4.78 is 0. The van der Waals surface area contributed by atoms with E-state index in [1.54, 1.807) is 12.4 Å². The summed E-state index contributed by atoms with van der Waals surface area (Å²) in [6.07, 6.45) is 4.43. The molecule has 0 atom stereocenters. The molecule has 2 aromatic rings. The lowest BCUT2D eigenvalue weighted by Crippen LogP contribution is -2.07. The lowest BCUT2D eigenvalue weighted by atomic mass is 10.0. The Labute approximate surface area is 108 Å². The summed E-state index contributed by atoms with van der Waals surface area (Å²) in [5.41, 5.74) is 4.49. The summed E-state index contributed by atoms with van der Waals surface area (Å²) >= 11 is 0. The van der Waals surface area contributed by atoms with Crippen LogP contribution in [0, 0.1) is 13.8 Å². The lowest BCUT2D eigenvalue weighted by molar-refractivity contribution is -0.117. The predicted molar refractivity (Wildman–Crippen MR) is 72.6 cm³/mol. The minimum absolute atomic E-state index is 0.230. The van der Waals surface area contributed by atoms with E-state index < -0.39 is 0 Å². The van der Waals surface area contributed by atoms with Gasteiger partial charge in [-0.05, 0) is 31.0 Å². The SMILES string of the molecule is Cc1cc(C)cc(CC(=O)Cc2cccnc2)c1. The van der Waals surface area contributed by atoms with Gasteiger partial charge in [0.25, 0.3) is 0 Å². The number of pyridine rings is 1. The second-order valence-electron chi connectivity index (χ2n) is 4.75. The molecule has 0 aliphatic carbocycles. The molecular weight excluding hydrogens is 222 g/mol. The summed E-state index contributed by atoms with van der Waals surface area (Å²) in [6, 6.07) is 10.1. The molecule has 1 heterocycles. The van der Waals surface area contributed by atoms with Crippen molar-refractivity contribution in [2.75, 3.05) is 0 Å². The van der Waals surface area contributed by atoms with Gasteiger partial charge in [0.05, 0.1) is 0 Å². The van der Waals surface area contributed by atoms with Crippen LogP contribution in [0.25, 0.3) is 0 Å². The molecule has 0 N–H and O–H groups in total. The van der Waals surface area contributed by atoms with Crippen LogP contribution in [0.3, 0.4) is 0 Å². The van der Waals surface area contributed by atoms with E-state index in [0.29, 0.717) is 12.8 Å². The number of ketones is 1. The molecule has 1 aromatic carbocycles. The highest BCUT2D eigenvalue weighted by molar-refractivity contribution is 5.83. The van der Waals surface area contributed by atoms with Gasteiger partial charge in [-0.3, -0.25) is 9.78 Å². The number of carbonyl (C=O) groups excluding carboxylic acids is 1. The Bertz CT molecular complexity index is 526. The predicted octanol–water partition coefficient (Wildman–Crippen LogP) is 3.05. The number of rotatable bonds is 4. The lowest BCUT2D eigenvalue weighted by Gasteiger charge is -2.04. The average molecular weight is 239 g/mol. The van der Waals surface area contributed by atoms with Gasteiger partial charge in [-0.15, -0.1) is 0 Å². The number of hydrogen-bond acceptors (Lipinski definition) is 2. The van der Waals surface area contributed by atoms with Crippen molar-refractivity contribution in [1.29, 1.82) is 0 Å². The van der Waals surface area contributed by atoms with Crippen molar-refractivity contribution < 1.29 is 4.79 Å². The number of aryl methyl sites for hydroxylation is 2. The molecule has 0 aliphatic rings. The van der Waals surface area contributed by atoms with Crippen LogP contribution < -0.4 is 0 Å². The van der Waals surface area contributed by atoms with Gasteiger partial charge >= 0.3 is 0 Å². The van der Waals surface area contributed by atoms with E-state index in [9.17, 15) is 4.79 Å². The van der Waals surface area contributed by atoms with Gasteiger partial charge in [-0.25, -0.2) is 0 Å². The number of aromatic nitrogens is 1. The van der Waals surface area contributed by atoms with E-state index in [1.165, 1.54) is 11.1 Å². The third kappa shape index (κ3) is 3.52. The topological polar surface area (TPSA) is 30.0 Å². The van der Waals surface area contributed by atoms with Crippen molar-refractivity contribution in [1.82, 2.24) is 4.98 Å². The van der Waals surface area contributed by atoms with Crippen molar-refractivity contribution in [2.45, 2.75) is 26.7 Å². The van der Waals surface area contributed by atoms with Crippen LogP contribution in [0.1, 0.15) is 22.3 Å². The van der Waals surface area contributed by atoms with Crippen molar-refractivity contribution >= 4 is 5.78 Å². The minimum atomic E-state index is 0.230. The molecule has 92 valence electrons. The van der Waals surface area contributed by atoms with Crippen molar-refractivity contribution in [3.05, 3.63) is 65.0 Å². The second kappa shape index (κ2) is 5.58. The van der Waals surface area contributed by atoms with Crippen molar-refractivity contribution in [2.24, 2.45) is 0 Å². The summed E-state index contributed by atoms with van der Waals surface area (Å²) in [4.78, 5) is 16.0. The molecule has 0 bridgehead atoms. The molecule has 0 unspecified atom stereocenters. The van der Waals surface area contributed by atoms with Gasteiger partial charge < -0.3 is 0 Å². The van der Waals surface area contributed by atoms with Gasteiger partial charge in [0.15, 0.2) is 0 Å². The van der Waals surface area contributed by atoms with Gasteiger partial charge in [-0.1, -0.05) is 35.4 Å². The Morgan fingerprint density at radius 3 is 2.33 bits per heavy atom. The summed E-state index contributed by atoms with van der Waals surface area (Å²) in [6.45, 7) is 4.12. The van der Waals surface area contributed by atoms with Gasteiger partial charge in [0.1, 0.15) is 5.78 Å². The van der Waals surface area contributed by atoms with Crippen LogP contribution in [0.4, 0.5) is 0 Å². The smallest absolute Gasteiger partial charge is 0.141 e. The molecule has 0 saturated heterocycles. The third-order valence-corrected chi connectivity index (χ3v) is 2.81. The van der Waals surface area contributed by atoms with Crippen LogP contribution in [-0.4, -0.2) is 10.8 Å². The molecule has 0 fully saturated rings. The van der Waals surface area contributed by atoms with Crippen LogP contribution >= 0.6 is 0 Å². The maximum absolute atomic E-state index is 12.0. The summed E-state index contributed by atoms with van der Waals surface area (Å²) in [7, 11) is 0. The number of carbonyl (C=O) groups is 1. The van der Waals surface area contributed by atoms with E-state index in [2.05, 4.69) is 37.0 Å². The second-order valence-corrected chi connectivity index (χ2v) is 4.75. The molecule has 2 heteroatoms. The molecule has 0 amide bonds. The fourth-order valence-corrected chi connectivity index (χ4v) is 2.19. The van der Waals surface area contributed by atoms with E-state index in [0.717, 1.165) is 11.1 Å². The zero-order valence-electron chi connectivity index (χ0n) is 10.8. The molecule has 18 heavy (non-hydrogen) atoms. The largest absolute Gasteiger partial charge is 0.299 e. The maximum Gasteiger partial charge on any atom is 0.141 e. The zero-order chi connectivity index (χ0) is 13.0. The first kappa shape index (κ1) is 12.5. The molecule has 2 rings (SSSR count). The summed E-state index contributed by atoms with van der Waals surface area (Å²) in [5.74, 6) is 0.230. The number of hydrogen-bond donors (Lipinski definition) is 0. The van der Waals surface area contributed by atoms with Gasteiger partial charge in [0.2, 0.25) is 0 Å². The minimum Gasteiger partial charge on any atom is -0.299 e. The molecule has 2 nitrogen and oxygen atoms in total. The van der Waals surface area contributed by atoms with E-state index in [1.807, 2.05) is 12.1 Å². The van der Waals surface area contributed by atoms with Crippen molar-refractivity contribution in [3.63, 3.8) is 0 Å². The Hall–Kier alpha value is -1.96.